The summed E-state index contributed by atoms with van der Waals surface area (Å²) < 4.78 is 0. The molecule has 1 aromatic rings. The molecule has 1 aromatic carbocycles. The SMILES string of the molecule is NC(=O)CNC(=O)[C@@]12CCC[C@@H]1CN(Cc1ccccc1)C2. The molecule has 0 bridgehead atoms. The van der Waals surface area contributed by atoms with Gasteiger partial charge in [0.2, 0.25) is 11.8 Å². The molecule has 5 nitrogen and oxygen atoms in total. The quantitative estimate of drug-likeness (QED) is 0.848. The normalized spacial score (nSPS) is 27.5. The van der Waals surface area contributed by atoms with E-state index in [4.69, 9.17) is 5.73 Å². The van der Waals surface area contributed by atoms with E-state index >= 15 is 0 Å². The van der Waals surface area contributed by atoms with Crippen molar-refractivity contribution in [3.05, 3.63) is 35.9 Å². The van der Waals surface area contributed by atoms with Crippen molar-refractivity contribution in [2.45, 2.75) is 25.8 Å². The van der Waals surface area contributed by atoms with Gasteiger partial charge in [0.1, 0.15) is 0 Å². The molecule has 3 rings (SSSR count). The Bertz CT molecular complexity index is 560. The summed E-state index contributed by atoms with van der Waals surface area (Å²) in [7, 11) is 0. The fraction of sp³-hybridized carbons (Fsp3) is 0.529. The lowest BCUT2D eigenvalue weighted by Gasteiger charge is -2.27. The van der Waals surface area contributed by atoms with E-state index in [0.29, 0.717) is 5.92 Å². The van der Waals surface area contributed by atoms with Crippen LogP contribution in [0.4, 0.5) is 0 Å². The largest absolute Gasteiger partial charge is 0.368 e. The second-order valence-electron chi connectivity index (χ2n) is 6.55. The fourth-order valence-electron chi connectivity index (χ4n) is 4.07. The average molecular weight is 301 g/mol. The molecule has 0 unspecified atom stereocenters. The molecule has 2 aliphatic rings. The van der Waals surface area contributed by atoms with E-state index < -0.39 is 5.91 Å². The highest BCUT2D eigenvalue weighted by atomic mass is 16.2. The number of nitrogens with one attached hydrogen (secondary N) is 1. The fourth-order valence-corrected chi connectivity index (χ4v) is 4.07. The predicted molar refractivity (Wildman–Crippen MR) is 83.7 cm³/mol. The van der Waals surface area contributed by atoms with E-state index in [1.807, 2.05) is 18.2 Å². The number of likely N-dealkylation sites (tertiary alicyclic amines) is 1. The Labute approximate surface area is 130 Å². The number of carbonyl (C=O) groups excluding carboxylic acids is 2. The Balaban J connectivity index is 1.68. The molecule has 118 valence electrons. The van der Waals surface area contributed by atoms with Gasteiger partial charge in [-0.2, -0.15) is 0 Å². The van der Waals surface area contributed by atoms with Gasteiger partial charge in [0.05, 0.1) is 12.0 Å². The zero-order valence-electron chi connectivity index (χ0n) is 12.8. The molecule has 1 saturated heterocycles. The van der Waals surface area contributed by atoms with Crippen LogP contribution in [0.5, 0.6) is 0 Å². The van der Waals surface area contributed by atoms with E-state index in [0.717, 1.165) is 38.9 Å². The second-order valence-corrected chi connectivity index (χ2v) is 6.55. The summed E-state index contributed by atoms with van der Waals surface area (Å²) in [5.41, 5.74) is 6.08. The molecule has 1 aliphatic heterocycles. The van der Waals surface area contributed by atoms with Crippen molar-refractivity contribution in [2.24, 2.45) is 17.1 Å². The van der Waals surface area contributed by atoms with Gasteiger partial charge in [-0.15, -0.1) is 0 Å². The van der Waals surface area contributed by atoms with Crippen LogP contribution in [0.15, 0.2) is 30.3 Å². The first-order chi connectivity index (χ1) is 10.6. The maximum absolute atomic E-state index is 12.6. The van der Waals surface area contributed by atoms with Crippen LogP contribution < -0.4 is 11.1 Å². The molecule has 22 heavy (non-hydrogen) atoms. The molecular weight excluding hydrogens is 278 g/mol. The summed E-state index contributed by atoms with van der Waals surface area (Å²) >= 11 is 0. The van der Waals surface area contributed by atoms with Crippen LogP contribution in [0.25, 0.3) is 0 Å². The molecular formula is C17H23N3O2. The van der Waals surface area contributed by atoms with Crippen molar-refractivity contribution in [3.63, 3.8) is 0 Å². The summed E-state index contributed by atoms with van der Waals surface area (Å²) in [5, 5.41) is 2.73. The number of amides is 2. The van der Waals surface area contributed by atoms with Crippen LogP contribution >= 0.6 is 0 Å². The molecule has 1 heterocycles. The molecule has 0 aromatic heterocycles. The number of primary amides is 1. The van der Waals surface area contributed by atoms with Crippen LogP contribution in [-0.4, -0.2) is 36.3 Å². The first-order valence-corrected chi connectivity index (χ1v) is 7.93. The van der Waals surface area contributed by atoms with Crippen LogP contribution in [0.3, 0.4) is 0 Å². The highest BCUT2D eigenvalue weighted by molar-refractivity contribution is 5.88. The first-order valence-electron chi connectivity index (χ1n) is 7.93. The Kier molecular flexibility index (Phi) is 4.16. The van der Waals surface area contributed by atoms with E-state index in [1.54, 1.807) is 0 Å². The third-order valence-corrected chi connectivity index (χ3v) is 5.07. The summed E-state index contributed by atoms with van der Waals surface area (Å²) in [5.74, 6) is -0.0908. The van der Waals surface area contributed by atoms with Crippen LogP contribution in [-0.2, 0) is 16.1 Å². The van der Waals surface area contributed by atoms with Crippen LogP contribution in [0, 0.1) is 11.3 Å². The van der Waals surface area contributed by atoms with E-state index in [2.05, 4.69) is 22.3 Å². The van der Waals surface area contributed by atoms with E-state index in [-0.39, 0.29) is 17.9 Å². The molecule has 2 fully saturated rings. The van der Waals surface area contributed by atoms with Gasteiger partial charge in [-0.05, 0) is 24.3 Å². The smallest absolute Gasteiger partial charge is 0.236 e. The van der Waals surface area contributed by atoms with Crippen LogP contribution in [0.2, 0.25) is 0 Å². The number of hydrogen-bond acceptors (Lipinski definition) is 3. The Morgan fingerprint density at radius 3 is 2.82 bits per heavy atom. The third kappa shape index (κ3) is 2.86. The van der Waals surface area contributed by atoms with E-state index in [9.17, 15) is 9.59 Å². The Morgan fingerprint density at radius 2 is 2.09 bits per heavy atom. The van der Waals surface area contributed by atoms with Gasteiger partial charge < -0.3 is 11.1 Å². The molecule has 3 N–H and O–H groups in total. The standard InChI is InChI=1S/C17H23N3O2/c18-15(21)9-19-16(22)17-8-4-7-14(17)11-20(12-17)10-13-5-2-1-3-6-13/h1-3,5-6,14H,4,7-12H2,(H2,18,21)(H,19,22)/t14-,17-/m1/s1. The lowest BCUT2D eigenvalue weighted by Crippen LogP contribution is -2.46. The van der Waals surface area contributed by atoms with Gasteiger partial charge in [-0.1, -0.05) is 36.8 Å². The number of benzene rings is 1. The zero-order valence-corrected chi connectivity index (χ0v) is 12.8. The van der Waals surface area contributed by atoms with Crippen molar-refractivity contribution in [2.75, 3.05) is 19.6 Å². The van der Waals surface area contributed by atoms with Crippen molar-refractivity contribution < 1.29 is 9.59 Å². The van der Waals surface area contributed by atoms with Gasteiger partial charge in [-0.3, -0.25) is 14.5 Å². The number of carbonyl (C=O) groups is 2. The lowest BCUT2D eigenvalue weighted by molar-refractivity contribution is -0.133. The topological polar surface area (TPSA) is 75.4 Å². The minimum Gasteiger partial charge on any atom is -0.368 e. The minimum absolute atomic E-state index is 0.00404. The monoisotopic (exact) mass is 301 g/mol. The average Bonchev–Trinajstić information content (AvgIpc) is 3.03. The first kappa shape index (κ1) is 15.0. The molecule has 1 saturated carbocycles. The van der Waals surface area contributed by atoms with Gasteiger partial charge in [0, 0.05) is 19.6 Å². The molecule has 0 radical (unpaired) electrons. The highest BCUT2D eigenvalue weighted by Gasteiger charge is 2.54. The maximum Gasteiger partial charge on any atom is 0.236 e. The number of fused-ring (bicyclic) bond motifs is 1. The van der Waals surface area contributed by atoms with Crippen LogP contribution in [0.1, 0.15) is 24.8 Å². The molecule has 5 heteroatoms. The predicted octanol–water partition coefficient (Wildman–Crippen LogP) is 0.890. The number of rotatable bonds is 5. The summed E-state index contributed by atoms with van der Waals surface area (Å²) in [6.45, 7) is 2.55. The molecule has 2 amide bonds. The minimum atomic E-state index is -0.488. The Hall–Kier alpha value is -1.88. The lowest BCUT2D eigenvalue weighted by atomic mass is 9.80. The number of nitrogens with zero attached hydrogens (tertiary/aromatic N) is 1. The maximum atomic E-state index is 12.6. The highest BCUT2D eigenvalue weighted by Crippen LogP contribution is 2.49. The molecule has 0 spiro atoms. The van der Waals surface area contributed by atoms with Crippen molar-refractivity contribution >= 4 is 11.8 Å². The van der Waals surface area contributed by atoms with Gasteiger partial charge in [0.15, 0.2) is 0 Å². The van der Waals surface area contributed by atoms with Gasteiger partial charge >= 0.3 is 0 Å². The number of nitrogens with two attached hydrogens (primary N) is 1. The Morgan fingerprint density at radius 1 is 1.32 bits per heavy atom. The zero-order chi connectivity index (χ0) is 15.6. The van der Waals surface area contributed by atoms with Crippen molar-refractivity contribution in [1.82, 2.24) is 10.2 Å². The van der Waals surface area contributed by atoms with Gasteiger partial charge in [0.25, 0.3) is 0 Å². The molecule has 2 atom stereocenters. The third-order valence-electron chi connectivity index (χ3n) is 5.07. The summed E-state index contributed by atoms with van der Waals surface area (Å²) in [6.07, 6.45) is 3.09. The van der Waals surface area contributed by atoms with Crippen molar-refractivity contribution in [3.8, 4) is 0 Å². The molecule has 1 aliphatic carbocycles. The summed E-state index contributed by atoms with van der Waals surface area (Å²) in [4.78, 5) is 25.9. The number of hydrogen-bond donors (Lipinski definition) is 2. The van der Waals surface area contributed by atoms with Crippen molar-refractivity contribution in [1.29, 1.82) is 0 Å². The summed E-state index contributed by atoms with van der Waals surface area (Å²) in [6, 6.07) is 10.3. The second kappa shape index (κ2) is 6.08. The van der Waals surface area contributed by atoms with Gasteiger partial charge in [-0.25, -0.2) is 0 Å². The van der Waals surface area contributed by atoms with E-state index in [1.165, 1.54) is 5.56 Å².